The number of halogens is 1. The molecule has 1 atom stereocenters. The molecule has 0 spiro atoms. The van der Waals surface area contributed by atoms with Crippen LogP contribution in [0.3, 0.4) is 0 Å². The van der Waals surface area contributed by atoms with E-state index in [-0.39, 0.29) is 57.1 Å². The fraction of sp³-hybridized carbons (Fsp3) is 0.341. The quantitative estimate of drug-likeness (QED) is 0.0524. The largest absolute Gasteiger partial charge is 0.494 e. The maximum absolute atomic E-state index is 13.3. The molecular formula is C41H44ClN8O7PS. The van der Waals surface area contributed by atoms with E-state index in [1.54, 1.807) is 31.5 Å². The number of fused-ring (bicyclic) bond motifs is 1. The van der Waals surface area contributed by atoms with E-state index >= 15 is 0 Å². The Morgan fingerprint density at radius 2 is 1.78 bits per heavy atom. The molecule has 4 aromatic rings. The van der Waals surface area contributed by atoms with Gasteiger partial charge in [0.25, 0.3) is 11.8 Å². The van der Waals surface area contributed by atoms with Crippen molar-refractivity contribution in [1.29, 1.82) is 0 Å². The average Bonchev–Trinajstić information content (AvgIpc) is 3.48. The molecular weight excluding hydrogens is 815 g/mol. The lowest BCUT2D eigenvalue weighted by molar-refractivity contribution is -0.136. The second kappa shape index (κ2) is 18.8. The van der Waals surface area contributed by atoms with Crippen molar-refractivity contribution >= 4 is 95.0 Å². The van der Waals surface area contributed by atoms with Crippen LogP contribution in [0.1, 0.15) is 46.4 Å². The van der Waals surface area contributed by atoms with E-state index in [0.29, 0.717) is 38.9 Å². The van der Waals surface area contributed by atoms with Gasteiger partial charge in [-0.1, -0.05) is 43.8 Å². The van der Waals surface area contributed by atoms with Crippen LogP contribution in [0.4, 0.5) is 28.8 Å². The van der Waals surface area contributed by atoms with E-state index in [0.717, 1.165) is 42.2 Å². The molecule has 4 heterocycles. The van der Waals surface area contributed by atoms with Crippen LogP contribution in [-0.2, 0) is 19.1 Å². The summed E-state index contributed by atoms with van der Waals surface area (Å²) >= 11 is 7.81. The van der Waals surface area contributed by atoms with E-state index in [1.807, 2.05) is 36.4 Å². The number of ether oxygens (including phenoxy) is 2. The molecule has 4 N–H and O–H groups in total. The highest BCUT2D eigenvalue weighted by Gasteiger charge is 2.45. The minimum atomic E-state index is -1.03. The van der Waals surface area contributed by atoms with Crippen molar-refractivity contribution in [3.8, 4) is 5.75 Å². The van der Waals surface area contributed by atoms with Crippen LogP contribution in [0.15, 0.2) is 71.8 Å². The van der Waals surface area contributed by atoms with Gasteiger partial charge in [-0.3, -0.25) is 34.2 Å². The Morgan fingerprint density at radius 1 is 0.983 bits per heavy atom. The van der Waals surface area contributed by atoms with Gasteiger partial charge in [0.05, 0.1) is 36.7 Å². The summed E-state index contributed by atoms with van der Waals surface area (Å²) in [7, 11) is 1.27. The van der Waals surface area contributed by atoms with E-state index < -0.39 is 29.7 Å². The van der Waals surface area contributed by atoms with Crippen LogP contribution >= 0.6 is 31.3 Å². The zero-order chi connectivity index (χ0) is 41.6. The Bertz CT molecular complexity index is 2270. The fourth-order valence-electron chi connectivity index (χ4n) is 7.24. The molecule has 18 heteroatoms. The monoisotopic (exact) mass is 858 g/mol. The van der Waals surface area contributed by atoms with E-state index in [2.05, 4.69) is 55.5 Å². The standard InChI is InChI=1S/C41H44ClN8O7PS/c1-56-31-21-25(11-12-28(31)46-41-43-22-27(42)37(48-41)45-29-8-4-5-9-32(29)58(2)3)49-17-15-24(16-18-49)44-35(52)23-57-19-20-59-33-10-6-7-26-36(33)40(55)50(39(26)54)30-13-14-34(51)47-38(30)53/h4-12,21-22,24,30H,13-20,23H2,1-3H3,(H,44,52)(H,47,51,53)(H2,43,45,46,48). The molecule has 3 aliphatic heterocycles. The average molecular weight is 859 g/mol. The Labute approximate surface area is 352 Å². The second-order valence-corrected chi connectivity index (χ2v) is 18.1. The highest BCUT2D eigenvalue weighted by Crippen LogP contribution is 2.36. The van der Waals surface area contributed by atoms with Gasteiger partial charge in [0.15, 0.2) is 5.82 Å². The third kappa shape index (κ3) is 9.62. The van der Waals surface area contributed by atoms with Crippen molar-refractivity contribution in [2.45, 2.75) is 42.7 Å². The lowest BCUT2D eigenvalue weighted by atomic mass is 10.0. The smallest absolute Gasteiger partial charge is 0.263 e. The number of hydrogen-bond acceptors (Lipinski definition) is 13. The Morgan fingerprint density at radius 3 is 2.54 bits per heavy atom. The van der Waals surface area contributed by atoms with Gasteiger partial charge in [0, 0.05) is 53.6 Å². The van der Waals surface area contributed by atoms with Crippen molar-refractivity contribution in [2.24, 2.45) is 0 Å². The number of methoxy groups -OCH3 is 1. The summed E-state index contributed by atoms with van der Waals surface area (Å²) in [6, 6.07) is 18.0. The summed E-state index contributed by atoms with van der Waals surface area (Å²) in [4.78, 5) is 76.0. The number of amides is 5. The Hall–Kier alpha value is -5.28. The maximum Gasteiger partial charge on any atom is 0.263 e. The van der Waals surface area contributed by atoms with Crippen molar-refractivity contribution in [2.75, 3.05) is 68.0 Å². The van der Waals surface area contributed by atoms with Crippen molar-refractivity contribution in [3.05, 3.63) is 83.0 Å². The maximum atomic E-state index is 13.3. The number of anilines is 5. The van der Waals surface area contributed by atoms with Crippen LogP contribution in [0.25, 0.3) is 0 Å². The first kappa shape index (κ1) is 41.9. The van der Waals surface area contributed by atoms with Crippen LogP contribution in [-0.4, -0.2) is 109 Å². The van der Waals surface area contributed by atoms with Crippen molar-refractivity contribution in [1.82, 2.24) is 25.5 Å². The molecule has 2 saturated heterocycles. The van der Waals surface area contributed by atoms with Gasteiger partial charge in [-0.25, -0.2) is 4.98 Å². The van der Waals surface area contributed by atoms with Crippen LogP contribution in [0, 0.1) is 0 Å². The number of carbonyl (C=O) groups excluding carboxylic acids is 5. The highest BCUT2D eigenvalue weighted by molar-refractivity contribution is 7.99. The minimum absolute atomic E-state index is 0.000726. The second-order valence-electron chi connectivity index (χ2n) is 14.3. The number of thioether (sulfide) groups is 1. The van der Waals surface area contributed by atoms with Crippen LogP contribution < -0.4 is 36.2 Å². The number of hydrogen-bond donors (Lipinski definition) is 4. The first-order chi connectivity index (χ1) is 28.5. The number of benzene rings is 3. The molecule has 15 nitrogen and oxygen atoms in total. The number of nitrogens with zero attached hydrogens (tertiary/aromatic N) is 4. The summed E-state index contributed by atoms with van der Waals surface area (Å²) in [5.41, 5.74) is 3.10. The molecule has 1 unspecified atom stereocenters. The number of imide groups is 2. The lowest BCUT2D eigenvalue weighted by Gasteiger charge is -2.34. The zero-order valence-electron chi connectivity index (χ0n) is 32.7. The Balaban J connectivity index is 0.855. The lowest BCUT2D eigenvalue weighted by Crippen LogP contribution is -2.54. The summed E-state index contributed by atoms with van der Waals surface area (Å²) in [5, 5.41) is 13.5. The number of carbonyl (C=O) groups is 5. The molecule has 308 valence electrons. The summed E-state index contributed by atoms with van der Waals surface area (Å²) in [6.07, 6.45) is 3.21. The molecule has 3 aromatic carbocycles. The highest BCUT2D eigenvalue weighted by atomic mass is 35.5. The molecule has 2 fully saturated rings. The van der Waals surface area contributed by atoms with E-state index in [1.165, 1.54) is 17.1 Å². The van der Waals surface area contributed by atoms with Crippen molar-refractivity contribution < 1.29 is 33.4 Å². The minimum Gasteiger partial charge on any atom is -0.494 e. The third-order valence-electron chi connectivity index (χ3n) is 10.2. The Kier molecular flexibility index (Phi) is 13.3. The SMILES string of the molecule is COc1cc(N2CCC(NC(=O)COCCSc3cccc4c3C(=O)N(C3CCC(=O)NC3=O)C4=O)CC2)ccc1Nc1ncc(Cl)c(Nc2ccccc2P(C)C)n1. The molecule has 0 bridgehead atoms. The normalized spacial score (nSPS) is 16.9. The first-order valence-electron chi connectivity index (χ1n) is 19.1. The van der Waals surface area contributed by atoms with Crippen molar-refractivity contribution in [3.63, 3.8) is 0 Å². The zero-order valence-corrected chi connectivity index (χ0v) is 35.2. The number of piperidine rings is 2. The summed E-state index contributed by atoms with van der Waals surface area (Å²) in [5.74, 6) is -0.479. The molecule has 1 aromatic heterocycles. The number of nitrogens with one attached hydrogen (secondary N) is 4. The van der Waals surface area contributed by atoms with Gasteiger partial charge in [-0.05, 0) is 68.2 Å². The van der Waals surface area contributed by atoms with E-state index in [4.69, 9.17) is 21.1 Å². The number of aromatic nitrogens is 2. The molecule has 0 aliphatic carbocycles. The van der Waals surface area contributed by atoms with Gasteiger partial charge in [0.2, 0.25) is 23.7 Å². The van der Waals surface area contributed by atoms with Gasteiger partial charge >= 0.3 is 0 Å². The number of rotatable bonds is 15. The molecule has 3 aliphatic rings. The predicted octanol–water partition coefficient (Wildman–Crippen LogP) is 5.29. The summed E-state index contributed by atoms with van der Waals surface area (Å²) < 4.78 is 11.4. The van der Waals surface area contributed by atoms with Gasteiger partial charge in [0.1, 0.15) is 23.4 Å². The number of para-hydroxylation sites is 1. The van der Waals surface area contributed by atoms with Gasteiger partial charge in [-0.15, -0.1) is 11.8 Å². The van der Waals surface area contributed by atoms with Gasteiger partial charge in [-0.2, -0.15) is 4.98 Å². The van der Waals surface area contributed by atoms with Crippen LogP contribution in [0.2, 0.25) is 5.02 Å². The van der Waals surface area contributed by atoms with E-state index in [9.17, 15) is 24.0 Å². The summed E-state index contributed by atoms with van der Waals surface area (Å²) in [6.45, 7) is 5.99. The third-order valence-corrected chi connectivity index (χ3v) is 12.8. The molecule has 0 saturated carbocycles. The van der Waals surface area contributed by atoms with Gasteiger partial charge < -0.3 is 30.3 Å². The molecule has 59 heavy (non-hydrogen) atoms. The molecule has 0 radical (unpaired) electrons. The predicted molar refractivity (Wildman–Crippen MR) is 229 cm³/mol. The molecule has 7 rings (SSSR count). The fourth-order valence-corrected chi connectivity index (χ4v) is 9.32. The topological polar surface area (TPSA) is 184 Å². The molecule has 5 amide bonds. The van der Waals surface area contributed by atoms with Crippen LogP contribution in [0.5, 0.6) is 5.75 Å². The first-order valence-corrected chi connectivity index (χ1v) is 22.7.